The lowest BCUT2D eigenvalue weighted by atomic mass is 9.92. The van der Waals surface area contributed by atoms with Crippen molar-refractivity contribution in [2.45, 2.75) is 51.2 Å². The molecule has 0 aliphatic heterocycles. The van der Waals surface area contributed by atoms with Crippen LogP contribution in [0.1, 0.15) is 52.9 Å². The van der Waals surface area contributed by atoms with E-state index >= 15 is 0 Å². The number of hydrogen-bond acceptors (Lipinski definition) is 4. The molecule has 0 bridgehead atoms. The fourth-order valence-corrected chi connectivity index (χ4v) is 4.62. The largest absolute Gasteiger partial charge is 0.391 e. The number of hydrogen-bond donors (Lipinski definition) is 2. The Labute approximate surface area is 193 Å². The number of rotatable bonds is 5. The summed E-state index contributed by atoms with van der Waals surface area (Å²) in [6, 6.07) is 16.2. The van der Waals surface area contributed by atoms with Gasteiger partial charge in [0.05, 0.1) is 17.7 Å². The number of benzene rings is 1. The van der Waals surface area contributed by atoms with Crippen molar-refractivity contribution >= 4 is 11.4 Å². The molecule has 0 radical (unpaired) electrons. The molecule has 1 amide bonds. The first-order valence-corrected chi connectivity index (χ1v) is 11.5. The van der Waals surface area contributed by atoms with Crippen molar-refractivity contribution in [1.29, 1.82) is 0 Å². The SMILES string of the molecule is Cc1cncc(-c2ccc(Cc3cc(C(=O)N[C@H]4CCCC[C@@H]4O)nn4cccc34)cc2)c1. The number of nitrogens with one attached hydrogen (secondary N) is 1. The van der Waals surface area contributed by atoms with Gasteiger partial charge in [-0.15, -0.1) is 0 Å². The van der Waals surface area contributed by atoms with Crippen molar-refractivity contribution in [1.82, 2.24) is 19.9 Å². The van der Waals surface area contributed by atoms with E-state index in [1.54, 1.807) is 4.52 Å². The zero-order valence-corrected chi connectivity index (χ0v) is 18.7. The molecule has 0 unspecified atom stereocenters. The Morgan fingerprint density at radius 3 is 2.70 bits per heavy atom. The van der Waals surface area contributed by atoms with Crippen molar-refractivity contribution in [2.24, 2.45) is 0 Å². The van der Waals surface area contributed by atoms with E-state index in [1.165, 1.54) is 0 Å². The zero-order chi connectivity index (χ0) is 22.8. The van der Waals surface area contributed by atoms with Gasteiger partial charge >= 0.3 is 0 Å². The van der Waals surface area contributed by atoms with Gasteiger partial charge in [-0.1, -0.05) is 37.1 Å². The summed E-state index contributed by atoms with van der Waals surface area (Å²) in [5.74, 6) is -0.236. The molecule has 1 aromatic carbocycles. The number of nitrogens with zero attached hydrogens (tertiary/aromatic N) is 3. The lowest BCUT2D eigenvalue weighted by Gasteiger charge is -2.28. The molecule has 1 saturated carbocycles. The van der Waals surface area contributed by atoms with Crippen LogP contribution in [-0.4, -0.2) is 37.8 Å². The summed E-state index contributed by atoms with van der Waals surface area (Å²) in [4.78, 5) is 17.2. The number of aromatic nitrogens is 3. The van der Waals surface area contributed by atoms with E-state index in [9.17, 15) is 9.90 Å². The lowest BCUT2D eigenvalue weighted by molar-refractivity contribution is 0.0713. The smallest absolute Gasteiger partial charge is 0.272 e. The van der Waals surface area contributed by atoms with E-state index in [4.69, 9.17) is 0 Å². The number of aliphatic hydroxyl groups is 1. The molecule has 33 heavy (non-hydrogen) atoms. The third-order valence-electron chi connectivity index (χ3n) is 6.42. The van der Waals surface area contributed by atoms with Gasteiger partial charge in [0.1, 0.15) is 5.69 Å². The minimum Gasteiger partial charge on any atom is -0.391 e. The molecule has 2 atom stereocenters. The zero-order valence-electron chi connectivity index (χ0n) is 18.7. The summed E-state index contributed by atoms with van der Waals surface area (Å²) in [5, 5.41) is 17.7. The van der Waals surface area contributed by atoms with Gasteiger partial charge in [-0.3, -0.25) is 9.78 Å². The van der Waals surface area contributed by atoms with Crippen LogP contribution in [-0.2, 0) is 6.42 Å². The second-order valence-electron chi connectivity index (χ2n) is 8.95. The molecule has 6 nitrogen and oxygen atoms in total. The number of amides is 1. The summed E-state index contributed by atoms with van der Waals surface area (Å²) < 4.78 is 1.76. The number of pyridine rings is 1. The number of carbonyl (C=O) groups excluding carboxylic acids is 1. The molecular weight excluding hydrogens is 412 g/mol. The van der Waals surface area contributed by atoms with Crippen LogP contribution >= 0.6 is 0 Å². The molecule has 1 aliphatic rings. The number of aliphatic hydroxyl groups excluding tert-OH is 1. The first-order valence-electron chi connectivity index (χ1n) is 11.5. The van der Waals surface area contributed by atoms with Crippen LogP contribution in [0.3, 0.4) is 0 Å². The fraction of sp³-hybridized carbons (Fsp3) is 0.296. The Balaban J connectivity index is 1.39. The minimum atomic E-state index is -0.486. The maximum Gasteiger partial charge on any atom is 0.272 e. The molecule has 0 saturated heterocycles. The molecule has 168 valence electrons. The molecule has 5 rings (SSSR count). The van der Waals surface area contributed by atoms with Gasteiger partial charge in [-0.05, 0) is 72.7 Å². The Morgan fingerprint density at radius 1 is 1.09 bits per heavy atom. The summed E-state index contributed by atoms with van der Waals surface area (Å²) in [6.07, 6.45) is 9.35. The highest BCUT2D eigenvalue weighted by Gasteiger charge is 2.25. The average molecular weight is 441 g/mol. The summed E-state index contributed by atoms with van der Waals surface area (Å²) in [7, 11) is 0. The topological polar surface area (TPSA) is 79.5 Å². The molecule has 3 aromatic heterocycles. The Morgan fingerprint density at radius 2 is 1.91 bits per heavy atom. The second kappa shape index (κ2) is 9.16. The van der Waals surface area contributed by atoms with E-state index in [2.05, 4.69) is 45.7 Å². The summed E-state index contributed by atoms with van der Waals surface area (Å²) in [6.45, 7) is 2.04. The van der Waals surface area contributed by atoms with Crippen LogP contribution in [0.2, 0.25) is 0 Å². The predicted octanol–water partition coefficient (Wildman–Crippen LogP) is 4.33. The normalized spacial score (nSPS) is 18.4. The monoisotopic (exact) mass is 440 g/mol. The van der Waals surface area contributed by atoms with E-state index < -0.39 is 6.10 Å². The van der Waals surface area contributed by atoms with Gasteiger partial charge < -0.3 is 10.4 Å². The maximum atomic E-state index is 13.0. The number of aryl methyl sites for hydroxylation is 1. The van der Waals surface area contributed by atoms with E-state index in [0.29, 0.717) is 12.1 Å². The third-order valence-corrected chi connectivity index (χ3v) is 6.42. The highest BCUT2D eigenvalue weighted by molar-refractivity contribution is 5.93. The Bertz CT molecular complexity index is 1280. The quantitative estimate of drug-likeness (QED) is 0.484. The Hall–Kier alpha value is -3.51. The average Bonchev–Trinajstić information content (AvgIpc) is 3.30. The van der Waals surface area contributed by atoms with E-state index in [0.717, 1.165) is 59.0 Å². The van der Waals surface area contributed by atoms with Crippen molar-refractivity contribution in [3.05, 3.63) is 89.5 Å². The van der Waals surface area contributed by atoms with Crippen LogP contribution in [0.5, 0.6) is 0 Å². The predicted molar refractivity (Wildman–Crippen MR) is 128 cm³/mol. The van der Waals surface area contributed by atoms with Crippen LogP contribution in [0.15, 0.2) is 67.1 Å². The van der Waals surface area contributed by atoms with Crippen molar-refractivity contribution < 1.29 is 9.90 Å². The van der Waals surface area contributed by atoms with Crippen LogP contribution in [0, 0.1) is 6.92 Å². The summed E-state index contributed by atoms with van der Waals surface area (Å²) >= 11 is 0. The second-order valence-corrected chi connectivity index (χ2v) is 8.95. The third kappa shape index (κ3) is 4.66. The van der Waals surface area contributed by atoms with Gasteiger partial charge in [0.15, 0.2) is 0 Å². The van der Waals surface area contributed by atoms with Gasteiger partial charge in [0, 0.05) is 24.2 Å². The minimum absolute atomic E-state index is 0.208. The first kappa shape index (κ1) is 21.3. The highest BCUT2D eigenvalue weighted by Crippen LogP contribution is 2.23. The molecule has 1 aliphatic carbocycles. The van der Waals surface area contributed by atoms with Gasteiger partial charge in [0.2, 0.25) is 0 Å². The highest BCUT2D eigenvalue weighted by atomic mass is 16.3. The first-order chi connectivity index (χ1) is 16.1. The maximum absolute atomic E-state index is 13.0. The van der Waals surface area contributed by atoms with Crippen molar-refractivity contribution in [2.75, 3.05) is 0 Å². The fourth-order valence-electron chi connectivity index (χ4n) is 4.62. The van der Waals surface area contributed by atoms with Crippen molar-refractivity contribution in [3.8, 4) is 11.1 Å². The number of carbonyl (C=O) groups is 1. The lowest BCUT2D eigenvalue weighted by Crippen LogP contribution is -2.45. The Kier molecular flexibility index (Phi) is 5.92. The molecule has 2 N–H and O–H groups in total. The van der Waals surface area contributed by atoms with E-state index in [1.807, 2.05) is 43.7 Å². The molecule has 1 fully saturated rings. The van der Waals surface area contributed by atoms with Crippen molar-refractivity contribution in [3.63, 3.8) is 0 Å². The molecule has 4 aromatic rings. The molecular formula is C27H28N4O2. The summed E-state index contributed by atoms with van der Waals surface area (Å²) in [5.41, 5.74) is 6.91. The van der Waals surface area contributed by atoms with E-state index in [-0.39, 0.29) is 11.9 Å². The van der Waals surface area contributed by atoms with Crippen LogP contribution in [0.4, 0.5) is 0 Å². The molecule has 6 heteroatoms. The standard InChI is InChI=1S/C27H28N4O2/c1-18-13-22(17-28-16-18)20-10-8-19(9-11-20)14-21-15-24(30-31-12-4-6-25(21)31)27(33)29-23-5-2-3-7-26(23)32/h4,6,8-13,15-17,23,26,32H,2-3,5,7,14H2,1H3,(H,29,33)/t23-,26-/m0/s1. The number of fused-ring (bicyclic) bond motifs is 1. The molecule has 0 spiro atoms. The van der Waals surface area contributed by atoms with Crippen LogP contribution in [0.25, 0.3) is 16.6 Å². The van der Waals surface area contributed by atoms with Crippen LogP contribution < -0.4 is 5.32 Å². The molecule has 3 heterocycles. The van der Waals surface area contributed by atoms with Gasteiger partial charge in [0.25, 0.3) is 5.91 Å². The van der Waals surface area contributed by atoms with Gasteiger partial charge in [-0.2, -0.15) is 5.10 Å². The van der Waals surface area contributed by atoms with Gasteiger partial charge in [-0.25, -0.2) is 4.52 Å².